The molecule has 1 amide bonds. The van der Waals surface area contributed by atoms with E-state index in [1.807, 2.05) is 43.3 Å². The van der Waals surface area contributed by atoms with Crippen LogP contribution in [-0.4, -0.2) is 18.0 Å². The monoisotopic (exact) mass is 380 g/mol. The van der Waals surface area contributed by atoms with Crippen LogP contribution < -0.4 is 14.4 Å². The maximum absolute atomic E-state index is 13.8. The first kappa shape index (κ1) is 19.4. The third kappa shape index (κ3) is 4.46. The second kappa shape index (κ2) is 8.52. The number of aryl methyl sites for hydroxylation is 1. The van der Waals surface area contributed by atoms with Crippen molar-refractivity contribution in [1.29, 1.82) is 0 Å². The van der Waals surface area contributed by atoms with Crippen molar-refractivity contribution in [2.75, 3.05) is 12.0 Å². The number of nitrogens with zero attached hydrogens (tertiary/aromatic N) is 2. The van der Waals surface area contributed by atoms with Crippen molar-refractivity contribution in [2.45, 2.75) is 20.4 Å². The molecule has 0 atom stereocenters. The smallest absolute Gasteiger partial charge is 0.246 e. The lowest BCUT2D eigenvalue weighted by Gasteiger charge is -2.24. The summed E-state index contributed by atoms with van der Waals surface area (Å²) < 4.78 is 25.0. The van der Waals surface area contributed by atoms with Gasteiger partial charge < -0.3 is 14.4 Å². The molecule has 144 valence electrons. The van der Waals surface area contributed by atoms with Crippen molar-refractivity contribution in [3.05, 3.63) is 77.7 Å². The van der Waals surface area contributed by atoms with Crippen molar-refractivity contribution >= 4 is 11.6 Å². The zero-order valence-electron chi connectivity index (χ0n) is 16.0. The molecule has 0 aliphatic carbocycles. The molecule has 0 saturated heterocycles. The molecule has 1 aromatic heterocycles. The van der Waals surface area contributed by atoms with E-state index in [-0.39, 0.29) is 18.3 Å². The minimum atomic E-state index is -0.688. The van der Waals surface area contributed by atoms with E-state index < -0.39 is 5.95 Å². The largest absolute Gasteiger partial charge is 0.496 e. The third-order valence-corrected chi connectivity index (χ3v) is 4.23. The number of methoxy groups -OCH3 is 1. The van der Waals surface area contributed by atoms with Crippen molar-refractivity contribution in [3.8, 4) is 17.4 Å². The first-order chi connectivity index (χ1) is 13.5. The predicted octanol–water partition coefficient (Wildman–Crippen LogP) is 4.88. The fourth-order valence-corrected chi connectivity index (χ4v) is 2.78. The topological polar surface area (TPSA) is 51.7 Å². The van der Waals surface area contributed by atoms with Crippen LogP contribution in [0, 0.1) is 12.9 Å². The molecule has 3 aromatic rings. The summed E-state index contributed by atoms with van der Waals surface area (Å²) in [6, 6.07) is 17.4. The number of aromatic nitrogens is 1. The summed E-state index contributed by atoms with van der Waals surface area (Å²) in [5, 5.41) is 0. The van der Waals surface area contributed by atoms with Crippen LogP contribution in [0.15, 0.2) is 60.7 Å². The molecule has 6 heteroatoms. The first-order valence-electron chi connectivity index (χ1n) is 8.79. The minimum absolute atomic E-state index is 0.0222. The first-order valence-corrected chi connectivity index (χ1v) is 8.79. The summed E-state index contributed by atoms with van der Waals surface area (Å²) >= 11 is 0. The van der Waals surface area contributed by atoms with Gasteiger partial charge in [0, 0.05) is 12.5 Å². The van der Waals surface area contributed by atoms with Gasteiger partial charge in [-0.15, -0.1) is 0 Å². The van der Waals surface area contributed by atoms with Gasteiger partial charge in [0.15, 0.2) is 0 Å². The molecule has 2 aromatic carbocycles. The summed E-state index contributed by atoms with van der Waals surface area (Å²) in [6.45, 7) is 3.63. The number of pyridine rings is 1. The quantitative estimate of drug-likeness (QED) is 0.572. The Morgan fingerprint density at radius 1 is 1.07 bits per heavy atom. The number of ether oxygens (including phenoxy) is 2. The second-order valence-corrected chi connectivity index (χ2v) is 6.29. The molecule has 1 heterocycles. The molecule has 0 spiro atoms. The highest BCUT2D eigenvalue weighted by atomic mass is 19.1. The molecule has 0 saturated carbocycles. The van der Waals surface area contributed by atoms with Gasteiger partial charge in [-0.25, -0.2) is 0 Å². The maximum atomic E-state index is 13.8. The van der Waals surface area contributed by atoms with E-state index >= 15 is 0 Å². The predicted molar refractivity (Wildman–Crippen MR) is 105 cm³/mol. The van der Waals surface area contributed by atoms with Gasteiger partial charge in [0.25, 0.3) is 0 Å². The molecular weight excluding hydrogens is 359 g/mol. The average molecular weight is 380 g/mol. The highest BCUT2D eigenvalue weighted by Crippen LogP contribution is 2.33. The number of hydrogen-bond donors (Lipinski definition) is 0. The van der Waals surface area contributed by atoms with Gasteiger partial charge >= 0.3 is 0 Å². The Bertz CT molecular complexity index is 974. The normalized spacial score (nSPS) is 10.4. The van der Waals surface area contributed by atoms with Crippen LogP contribution >= 0.6 is 0 Å². The van der Waals surface area contributed by atoms with Gasteiger partial charge in [0.05, 0.1) is 13.7 Å². The Kier molecular flexibility index (Phi) is 5.89. The fourth-order valence-electron chi connectivity index (χ4n) is 2.78. The molecule has 0 aliphatic rings. The van der Waals surface area contributed by atoms with Crippen LogP contribution in [0.5, 0.6) is 17.4 Å². The van der Waals surface area contributed by atoms with Gasteiger partial charge in [0.1, 0.15) is 17.2 Å². The van der Waals surface area contributed by atoms with E-state index in [0.717, 1.165) is 11.1 Å². The number of anilines is 1. The number of carbonyl (C=O) groups excluding carboxylic acids is 1. The zero-order chi connectivity index (χ0) is 20.1. The highest BCUT2D eigenvalue weighted by Gasteiger charge is 2.21. The van der Waals surface area contributed by atoms with Crippen molar-refractivity contribution < 1.29 is 18.7 Å². The molecule has 0 radical (unpaired) electrons. The van der Waals surface area contributed by atoms with Crippen LogP contribution in [0.2, 0.25) is 0 Å². The van der Waals surface area contributed by atoms with Crippen LogP contribution in [-0.2, 0) is 11.3 Å². The Morgan fingerprint density at radius 3 is 2.46 bits per heavy atom. The van der Waals surface area contributed by atoms with Crippen molar-refractivity contribution in [3.63, 3.8) is 0 Å². The number of hydrogen-bond acceptors (Lipinski definition) is 4. The lowest BCUT2D eigenvalue weighted by atomic mass is 10.1. The number of para-hydroxylation sites is 1. The van der Waals surface area contributed by atoms with Crippen LogP contribution in [0.1, 0.15) is 18.1 Å². The molecule has 0 fully saturated rings. The summed E-state index contributed by atoms with van der Waals surface area (Å²) in [5.74, 6) is 0.268. The van der Waals surface area contributed by atoms with E-state index in [1.165, 1.54) is 24.0 Å². The molecular formula is C22H21FN2O3. The summed E-state index contributed by atoms with van der Waals surface area (Å²) in [7, 11) is 1.57. The lowest BCUT2D eigenvalue weighted by Crippen LogP contribution is -2.28. The van der Waals surface area contributed by atoms with Crippen molar-refractivity contribution in [2.24, 2.45) is 0 Å². The Morgan fingerprint density at radius 2 is 1.79 bits per heavy atom. The molecule has 3 rings (SSSR count). The molecule has 0 aliphatic heterocycles. The zero-order valence-corrected chi connectivity index (χ0v) is 16.0. The van der Waals surface area contributed by atoms with Gasteiger partial charge in [-0.2, -0.15) is 9.37 Å². The second-order valence-electron chi connectivity index (χ2n) is 6.29. The van der Waals surface area contributed by atoms with Crippen LogP contribution in [0.25, 0.3) is 0 Å². The SMILES string of the molecule is COc1ccccc1CN(C(C)=O)c1ccc(F)nc1Oc1ccc(C)cc1. The van der Waals surface area contributed by atoms with Crippen LogP contribution in [0.3, 0.4) is 0 Å². The highest BCUT2D eigenvalue weighted by molar-refractivity contribution is 5.92. The number of carbonyl (C=O) groups is 1. The van der Waals surface area contributed by atoms with Gasteiger partial charge in [0.2, 0.25) is 17.7 Å². The number of rotatable bonds is 6. The number of halogens is 1. The van der Waals surface area contributed by atoms with Gasteiger partial charge in [-0.1, -0.05) is 35.9 Å². The van der Waals surface area contributed by atoms with Gasteiger partial charge in [-0.3, -0.25) is 4.79 Å². The Balaban J connectivity index is 1.98. The molecule has 0 N–H and O–H groups in total. The molecule has 0 bridgehead atoms. The maximum Gasteiger partial charge on any atom is 0.246 e. The molecule has 0 unspecified atom stereocenters. The fraction of sp³-hybridized carbons (Fsp3) is 0.182. The summed E-state index contributed by atoms with van der Waals surface area (Å²) in [4.78, 5) is 17.7. The van der Waals surface area contributed by atoms with E-state index in [1.54, 1.807) is 19.2 Å². The van der Waals surface area contributed by atoms with E-state index in [2.05, 4.69) is 4.98 Å². The average Bonchev–Trinajstić information content (AvgIpc) is 2.68. The van der Waals surface area contributed by atoms with E-state index in [0.29, 0.717) is 17.2 Å². The number of amides is 1. The Hall–Kier alpha value is -3.41. The standard InChI is InChI=1S/C22H21FN2O3/c1-15-8-10-18(11-9-15)28-22-19(12-13-21(23)24-22)25(16(2)26)14-17-6-4-5-7-20(17)27-3/h4-13H,14H2,1-3H3. The summed E-state index contributed by atoms with van der Waals surface area (Å²) in [6.07, 6.45) is 0. The Labute approximate surface area is 163 Å². The van der Waals surface area contributed by atoms with Crippen LogP contribution in [0.4, 0.5) is 10.1 Å². The molecule has 28 heavy (non-hydrogen) atoms. The van der Waals surface area contributed by atoms with Crippen molar-refractivity contribution in [1.82, 2.24) is 4.98 Å². The minimum Gasteiger partial charge on any atom is -0.496 e. The van der Waals surface area contributed by atoms with E-state index in [9.17, 15) is 9.18 Å². The van der Waals surface area contributed by atoms with E-state index in [4.69, 9.17) is 9.47 Å². The summed E-state index contributed by atoms with van der Waals surface area (Å²) in [5.41, 5.74) is 2.26. The number of benzene rings is 2. The van der Waals surface area contributed by atoms with Gasteiger partial charge in [-0.05, 0) is 37.3 Å². The third-order valence-electron chi connectivity index (χ3n) is 4.23. The molecule has 5 nitrogen and oxygen atoms in total. The lowest BCUT2D eigenvalue weighted by molar-refractivity contribution is -0.116.